The van der Waals surface area contributed by atoms with Gasteiger partial charge in [-0.25, -0.2) is 9.48 Å². The minimum absolute atomic E-state index is 0.158. The second kappa shape index (κ2) is 7.56. The fraction of sp³-hybridized carbons (Fsp3) is 0.190. The number of rotatable bonds is 5. The van der Waals surface area contributed by atoms with Crippen LogP contribution in [0.2, 0.25) is 0 Å². The van der Waals surface area contributed by atoms with Gasteiger partial charge in [-0.1, -0.05) is 12.1 Å². The van der Waals surface area contributed by atoms with Crippen LogP contribution in [0.4, 0.5) is 10.5 Å². The SMILES string of the molecule is Cc1ccnn1-c1ccc(C(=O)NCc2cccc(N3CCOC3=O)c2)cc1. The second-order valence-corrected chi connectivity index (χ2v) is 6.55. The van der Waals surface area contributed by atoms with Crippen LogP contribution in [0.1, 0.15) is 21.6 Å². The van der Waals surface area contributed by atoms with Crippen molar-refractivity contribution in [1.29, 1.82) is 0 Å². The third kappa shape index (κ3) is 3.59. The summed E-state index contributed by atoms with van der Waals surface area (Å²) in [7, 11) is 0. The number of aromatic nitrogens is 2. The molecule has 7 nitrogen and oxygen atoms in total. The summed E-state index contributed by atoms with van der Waals surface area (Å²) in [5, 5.41) is 7.18. The number of aryl methyl sites for hydroxylation is 1. The Labute approximate surface area is 162 Å². The first kappa shape index (κ1) is 17.8. The van der Waals surface area contributed by atoms with E-state index in [9.17, 15) is 9.59 Å². The van der Waals surface area contributed by atoms with Crippen LogP contribution in [0.3, 0.4) is 0 Å². The van der Waals surface area contributed by atoms with Crippen molar-refractivity contribution in [3.05, 3.63) is 77.6 Å². The summed E-state index contributed by atoms with van der Waals surface area (Å²) < 4.78 is 6.79. The van der Waals surface area contributed by atoms with Crippen LogP contribution in [0, 0.1) is 6.92 Å². The lowest BCUT2D eigenvalue weighted by atomic mass is 10.1. The summed E-state index contributed by atoms with van der Waals surface area (Å²) in [6, 6.07) is 16.7. The van der Waals surface area contributed by atoms with Gasteiger partial charge in [-0.3, -0.25) is 9.69 Å². The molecule has 1 fully saturated rings. The van der Waals surface area contributed by atoms with Gasteiger partial charge in [0.1, 0.15) is 6.61 Å². The second-order valence-electron chi connectivity index (χ2n) is 6.55. The van der Waals surface area contributed by atoms with Crippen LogP contribution in [0.15, 0.2) is 60.8 Å². The molecule has 2 aromatic carbocycles. The maximum atomic E-state index is 12.5. The molecule has 0 atom stereocenters. The Bertz CT molecular complexity index is 1010. The first-order valence-corrected chi connectivity index (χ1v) is 9.04. The summed E-state index contributed by atoms with van der Waals surface area (Å²) >= 11 is 0. The number of carbonyl (C=O) groups is 2. The van der Waals surface area contributed by atoms with Crippen LogP contribution in [0.25, 0.3) is 5.69 Å². The molecule has 1 aromatic heterocycles. The van der Waals surface area contributed by atoms with Gasteiger partial charge in [-0.2, -0.15) is 5.10 Å². The lowest BCUT2D eigenvalue weighted by molar-refractivity contribution is 0.0951. The molecule has 1 N–H and O–H groups in total. The smallest absolute Gasteiger partial charge is 0.414 e. The number of carbonyl (C=O) groups excluding carboxylic acids is 2. The van der Waals surface area contributed by atoms with E-state index in [1.165, 1.54) is 0 Å². The maximum absolute atomic E-state index is 12.5. The van der Waals surface area contributed by atoms with E-state index in [0.717, 1.165) is 22.6 Å². The predicted molar refractivity (Wildman–Crippen MR) is 105 cm³/mol. The van der Waals surface area contributed by atoms with Crippen molar-refractivity contribution in [1.82, 2.24) is 15.1 Å². The number of ether oxygens (including phenoxy) is 1. The van der Waals surface area contributed by atoms with Crippen LogP contribution in [0.5, 0.6) is 0 Å². The Kier molecular flexibility index (Phi) is 4.80. The molecule has 4 rings (SSSR count). The van der Waals surface area contributed by atoms with Crippen LogP contribution in [-0.2, 0) is 11.3 Å². The molecule has 0 radical (unpaired) electrons. The molecule has 1 saturated heterocycles. The van der Waals surface area contributed by atoms with Gasteiger partial charge in [0.15, 0.2) is 0 Å². The summed E-state index contributed by atoms with van der Waals surface area (Å²) in [5.41, 5.74) is 4.19. The fourth-order valence-electron chi connectivity index (χ4n) is 3.14. The van der Waals surface area contributed by atoms with Crippen molar-refractivity contribution in [2.75, 3.05) is 18.1 Å². The van der Waals surface area contributed by atoms with Gasteiger partial charge in [0.25, 0.3) is 5.91 Å². The van der Waals surface area contributed by atoms with E-state index in [4.69, 9.17) is 4.74 Å². The Balaban J connectivity index is 1.40. The van der Waals surface area contributed by atoms with E-state index in [-0.39, 0.29) is 12.0 Å². The van der Waals surface area contributed by atoms with E-state index in [1.807, 2.05) is 54.1 Å². The van der Waals surface area contributed by atoms with Crippen LogP contribution < -0.4 is 10.2 Å². The average Bonchev–Trinajstić information content (AvgIpc) is 3.34. The third-order valence-corrected chi connectivity index (χ3v) is 4.64. The van der Waals surface area contributed by atoms with Crippen LogP contribution in [-0.4, -0.2) is 34.9 Å². The predicted octanol–water partition coefficient (Wildman–Crippen LogP) is 3.07. The van der Waals surface area contributed by atoms with Gasteiger partial charge < -0.3 is 10.1 Å². The molecule has 0 aliphatic carbocycles. The summed E-state index contributed by atoms with van der Waals surface area (Å²) in [4.78, 5) is 25.7. The zero-order valence-electron chi connectivity index (χ0n) is 15.5. The zero-order chi connectivity index (χ0) is 19.5. The highest BCUT2D eigenvalue weighted by Crippen LogP contribution is 2.20. The molecule has 0 spiro atoms. The number of hydrogen-bond donors (Lipinski definition) is 1. The van der Waals surface area contributed by atoms with Crippen molar-refractivity contribution >= 4 is 17.7 Å². The van der Waals surface area contributed by atoms with Crippen molar-refractivity contribution in [2.24, 2.45) is 0 Å². The minimum Gasteiger partial charge on any atom is -0.447 e. The monoisotopic (exact) mass is 376 g/mol. The molecule has 0 saturated carbocycles. The summed E-state index contributed by atoms with van der Waals surface area (Å²) in [6.45, 7) is 3.28. The van der Waals surface area contributed by atoms with Crippen molar-refractivity contribution in [2.45, 2.75) is 13.5 Å². The average molecular weight is 376 g/mol. The normalized spacial score (nSPS) is 13.5. The molecule has 1 aliphatic heterocycles. The molecular formula is C21H20N4O3. The number of anilines is 1. The van der Waals surface area contributed by atoms with E-state index < -0.39 is 0 Å². The Morgan fingerprint density at radius 1 is 1.14 bits per heavy atom. The molecule has 28 heavy (non-hydrogen) atoms. The molecule has 142 valence electrons. The standard InChI is InChI=1S/C21H20N4O3/c1-15-9-10-23-25(15)18-7-5-17(6-8-18)20(26)22-14-16-3-2-4-19(13-16)24-11-12-28-21(24)27/h2-10,13H,11-12,14H2,1H3,(H,22,26). The van der Waals surface area contributed by atoms with Crippen LogP contribution >= 0.6 is 0 Å². The number of amides is 2. The van der Waals surface area contributed by atoms with Gasteiger partial charge >= 0.3 is 6.09 Å². The Morgan fingerprint density at radius 3 is 2.64 bits per heavy atom. The molecular weight excluding hydrogens is 356 g/mol. The molecule has 2 heterocycles. The van der Waals surface area contributed by atoms with Gasteiger partial charge in [-0.05, 0) is 55.0 Å². The molecule has 3 aromatic rings. The van der Waals surface area contributed by atoms with Gasteiger partial charge in [0.05, 0.1) is 12.2 Å². The van der Waals surface area contributed by atoms with Crippen molar-refractivity contribution in [3.8, 4) is 5.69 Å². The topological polar surface area (TPSA) is 76.5 Å². The highest BCUT2D eigenvalue weighted by molar-refractivity contribution is 5.94. The molecule has 7 heteroatoms. The molecule has 2 amide bonds. The number of nitrogens with one attached hydrogen (secondary N) is 1. The van der Waals surface area contributed by atoms with Crippen molar-refractivity contribution < 1.29 is 14.3 Å². The molecule has 0 unspecified atom stereocenters. The molecule has 0 bridgehead atoms. The van der Waals surface area contributed by atoms with E-state index in [1.54, 1.807) is 23.2 Å². The Morgan fingerprint density at radius 2 is 1.96 bits per heavy atom. The quantitative estimate of drug-likeness (QED) is 0.742. The lowest BCUT2D eigenvalue weighted by Crippen LogP contribution is -2.25. The lowest BCUT2D eigenvalue weighted by Gasteiger charge is -2.14. The number of benzene rings is 2. The minimum atomic E-state index is -0.339. The first-order valence-electron chi connectivity index (χ1n) is 9.04. The van der Waals surface area contributed by atoms with E-state index in [2.05, 4.69) is 10.4 Å². The van der Waals surface area contributed by atoms with E-state index in [0.29, 0.717) is 25.3 Å². The fourth-order valence-corrected chi connectivity index (χ4v) is 3.14. The summed E-state index contributed by atoms with van der Waals surface area (Å²) in [5.74, 6) is -0.158. The van der Waals surface area contributed by atoms with E-state index >= 15 is 0 Å². The van der Waals surface area contributed by atoms with Gasteiger partial charge in [0, 0.05) is 29.7 Å². The summed E-state index contributed by atoms with van der Waals surface area (Å²) in [6.07, 6.45) is 1.40. The number of nitrogens with zero attached hydrogens (tertiary/aromatic N) is 3. The van der Waals surface area contributed by atoms with Gasteiger partial charge in [0.2, 0.25) is 0 Å². The van der Waals surface area contributed by atoms with Crippen molar-refractivity contribution in [3.63, 3.8) is 0 Å². The maximum Gasteiger partial charge on any atom is 0.414 e. The first-order chi connectivity index (χ1) is 13.6. The molecule has 1 aliphatic rings. The number of hydrogen-bond acceptors (Lipinski definition) is 4. The number of cyclic esters (lactones) is 1. The third-order valence-electron chi connectivity index (χ3n) is 4.64. The van der Waals surface area contributed by atoms with Gasteiger partial charge in [-0.15, -0.1) is 0 Å². The highest BCUT2D eigenvalue weighted by atomic mass is 16.6. The largest absolute Gasteiger partial charge is 0.447 e. The highest BCUT2D eigenvalue weighted by Gasteiger charge is 2.23. The Hall–Kier alpha value is -3.61. The zero-order valence-corrected chi connectivity index (χ0v) is 15.5.